The van der Waals surface area contributed by atoms with Gasteiger partial charge in [-0.1, -0.05) is 32.0 Å². The Balaban J connectivity index is 2.35. The van der Waals surface area contributed by atoms with Crippen LogP contribution in [0.3, 0.4) is 0 Å². The molecule has 7 heteroatoms. The number of hydrogen-bond acceptors (Lipinski definition) is 3. The van der Waals surface area contributed by atoms with Gasteiger partial charge >= 0.3 is 16.2 Å². The summed E-state index contributed by atoms with van der Waals surface area (Å²) < 4.78 is 28.6. The summed E-state index contributed by atoms with van der Waals surface area (Å²) in [7, 11) is -3.74. The van der Waals surface area contributed by atoms with Gasteiger partial charge in [-0.3, -0.25) is 9.10 Å². The Kier molecular flexibility index (Phi) is 4.53. The van der Waals surface area contributed by atoms with Gasteiger partial charge in [0.15, 0.2) is 0 Å². The van der Waals surface area contributed by atoms with Crippen LogP contribution in [0, 0.1) is 11.8 Å². The number of hydrogen-bond donors (Lipinski definition) is 2. The number of nitrogens with one attached hydrogen (secondary N) is 1. The SMILES string of the molecule is CC(C)CNS(=O)(=O)N1CC(C(=O)O)Cc2ccccc21. The average Bonchev–Trinajstić information content (AvgIpc) is 2.44. The minimum atomic E-state index is -3.74. The molecule has 2 N–H and O–H groups in total. The fourth-order valence-corrected chi connectivity index (χ4v) is 3.81. The first-order valence-corrected chi connectivity index (χ1v) is 8.33. The molecule has 1 aliphatic heterocycles. The average molecular weight is 312 g/mol. The lowest BCUT2D eigenvalue weighted by Crippen LogP contribution is -2.48. The van der Waals surface area contributed by atoms with E-state index in [1.54, 1.807) is 24.3 Å². The zero-order valence-electron chi connectivity index (χ0n) is 12.1. The molecule has 0 radical (unpaired) electrons. The van der Waals surface area contributed by atoms with E-state index in [1.165, 1.54) is 4.31 Å². The number of anilines is 1. The maximum absolute atomic E-state index is 12.4. The monoisotopic (exact) mass is 312 g/mol. The molecule has 116 valence electrons. The highest BCUT2D eigenvalue weighted by Gasteiger charge is 2.34. The lowest BCUT2D eigenvalue weighted by atomic mass is 9.94. The van der Waals surface area contributed by atoms with Crippen LogP contribution in [0.25, 0.3) is 0 Å². The molecule has 1 aromatic carbocycles. The molecule has 1 aliphatic rings. The number of carboxylic acids is 1. The zero-order valence-corrected chi connectivity index (χ0v) is 12.9. The van der Waals surface area contributed by atoms with Crippen molar-refractivity contribution in [3.8, 4) is 0 Å². The topological polar surface area (TPSA) is 86.7 Å². The van der Waals surface area contributed by atoms with Crippen molar-refractivity contribution in [2.24, 2.45) is 11.8 Å². The van der Waals surface area contributed by atoms with Crippen LogP contribution in [0.15, 0.2) is 24.3 Å². The lowest BCUT2D eigenvalue weighted by Gasteiger charge is -2.33. The maximum atomic E-state index is 12.4. The van der Waals surface area contributed by atoms with Gasteiger partial charge in [0.05, 0.1) is 11.6 Å². The Hall–Kier alpha value is -1.60. The molecule has 0 fully saturated rings. The second-order valence-corrected chi connectivity index (χ2v) is 7.33. The van der Waals surface area contributed by atoms with Crippen molar-refractivity contribution in [1.82, 2.24) is 4.72 Å². The predicted octanol–water partition coefficient (Wildman–Crippen LogP) is 1.24. The van der Waals surface area contributed by atoms with Crippen molar-refractivity contribution in [2.45, 2.75) is 20.3 Å². The summed E-state index contributed by atoms with van der Waals surface area (Å²) in [5, 5.41) is 9.22. The van der Waals surface area contributed by atoms with Gasteiger partial charge in [-0.05, 0) is 24.0 Å². The van der Waals surface area contributed by atoms with Crippen LogP contribution in [-0.2, 0) is 21.4 Å². The molecule has 1 heterocycles. The first-order chi connectivity index (χ1) is 9.81. The number of benzene rings is 1. The number of fused-ring (bicyclic) bond motifs is 1. The standard InChI is InChI=1S/C14H20N2O4S/c1-10(2)8-15-21(19,20)16-9-12(14(17)18)7-11-5-3-4-6-13(11)16/h3-6,10,12,15H,7-9H2,1-2H3,(H,17,18). The van der Waals surface area contributed by atoms with Gasteiger partial charge in [-0.25, -0.2) is 0 Å². The molecule has 21 heavy (non-hydrogen) atoms. The Bertz CT molecular complexity index is 628. The van der Waals surface area contributed by atoms with Crippen molar-refractivity contribution in [3.05, 3.63) is 29.8 Å². The second kappa shape index (κ2) is 6.03. The van der Waals surface area contributed by atoms with E-state index in [-0.39, 0.29) is 12.5 Å². The fraction of sp³-hybridized carbons (Fsp3) is 0.500. The Morgan fingerprint density at radius 1 is 1.43 bits per heavy atom. The second-order valence-electron chi connectivity index (χ2n) is 5.65. The van der Waals surface area contributed by atoms with Crippen LogP contribution in [-0.4, -0.2) is 32.6 Å². The number of aliphatic carboxylic acids is 1. The Morgan fingerprint density at radius 2 is 2.10 bits per heavy atom. The van der Waals surface area contributed by atoms with Crippen LogP contribution in [0.5, 0.6) is 0 Å². The first kappa shape index (κ1) is 15.8. The third-order valence-electron chi connectivity index (χ3n) is 3.43. The summed E-state index contributed by atoms with van der Waals surface area (Å²) in [4.78, 5) is 11.3. The highest BCUT2D eigenvalue weighted by atomic mass is 32.2. The van der Waals surface area contributed by atoms with Crippen molar-refractivity contribution in [3.63, 3.8) is 0 Å². The van der Waals surface area contributed by atoms with Gasteiger partial charge < -0.3 is 5.11 Å². The quantitative estimate of drug-likeness (QED) is 0.856. The largest absolute Gasteiger partial charge is 0.481 e. The summed E-state index contributed by atoms with van der Waals surface area (Å²) >= 11 is 0. The van der Waals surface area contributed by atoms with E-state index in [2.05, 4.69) is 4.72 Å². The summed E-state index contributed by atoms with van der Waals surface area (Å²) in [6.07, 6.45) is 0.349. The minimum Gasteiger partial charge on any atom is -0.481 e. The maximum Gasteiger partial charge on any atom is 0.308 e. The number of carboxylic acid groups (broad SMARTS) is 1. The van der Waals surface area contributed by atoms with Crippen molar-refractivity contribution >= 4 is 21.9 Å². The Labute approximate surface area is 125 Å². The molecule has 0 aliphatic carbocycles. The molecule has 0 bridgehead atoms. The molecule has 0 amide bonds. The third kappa shape index (κ3) is 3.54. The normalized spacial score (nSPS) is 18.6. The van der Waals surface area contributed by atoms with Crippen molar-refractivity contribution in [2.75, 3.05) is 17.4 Å². The summed E-state index contributed by atoms with van der Waals surface area (Å²) in [6, 6.07) is 7.03. The van der Waals surface area contributed by atoms with E-state index in [4.69, 9.17) is 0 Å². The van der Waals surface area contributed by atoms with Gasteiger partial charge in [0.25, 0.3) is 0 Å². The molecule has 0 spiro atoms. The number of rotatable bonds is 5. The third-order valence-corrected chi connectivity index (χ3v) is 4.88. The van der Waals surface area contributed by atoms with Crippen molar-refractivity contribution < 1.29 is 18.3 Å². The van der Waals surface area contributed by atoms with Crippen molar-refractivity contribution in [1.29, 1.82) is 0 Å². The van der Waals surface area contributed by atoms with Crippen LogP contribution in [0.1, 0.15) is 19.4 Å². The van der Waals surface area contributed by atoms with Crippen LogP contribution in [0.4, 0.5) is 5.69 Å². The molecule has 6 nitrogen and oxygen atoms in total. The van der Waals surface area contributed by atoms with Crippen LogP contribution in [0.2, 0.25) is 0 Å². The summed E-state index contributed by atoms with van der Waals surface area (Å²) in [6.45, 7) is 4.10. The molecule has 1 aromatic rings. The smallest absolute Gasteiger partial charge is 0.308 e. The number of para-hydroxylation sites is 1. The molecule has 0 saturated carbocycles. The van der Waals surface area contributed by atoms with E-state index in [1.807, 2.05) is 13.8 Å². The number of carbonyl (C=O) groups is 1. The van der Waals surface area contributed by atoms with E-state index in [9.17, 15) is 18.3 Å². The molecule has 0 saturated heterocycles. The highest BCUT2D eigenvalue weighted by molar-refractivity contribution is 7.90. The summed E-state index contributed by atoms with van der Waals surface area (Å²) in [5.41, 5.74) is 1.30. The molecular formula is C14H20N2O4S. The molecule has 0 aromatic heterocycles. The van der Waals surface area contributed by atoms with Gasteiger partial charge in [-0.15, -0.1) is 0 Å². The highest BCUT2D eigenvalue weighted by Crippen LogP contribution is 2.31. The predicted molar refractivity (Wildman–Crippen MR) is 80.4 cm³/mol. The van der Waals surface area contributed by atoms with Crippen LogP contribution < -0.4 is 9.03 Å². The lowest BCUT2D eigenvalue weighted by molar-refractivity contribution is -0.141. The summed E-state index contributed by atoms with van der Waals surface area (Å²) in [5.74, 6) is -1.53. The van der Waals surface area contributed by atoms with Gasteiger partial charge in [0, 0.05) is 13.1 Å². The van der Waals surface area contributed by atoms with E-state index >= 15 is 0 Å². The molecular weight excluding hydrogens is 292 g/mol. The van der Waals surface area contributed by atoms with Crippen LogP contribution >= 0.6 is 0 Å². The number of nitrogens with zero attached hydrogens (tertiary/aromatic N) is 1. The zero-order chi connectivity index (χ0) is 15.6. The Morgan fingerprint density at radius 3 is 2.71 bits per heavy atom. The van der Waals surface area contributed by atoms with Gasteiger partial charge in [-0.2, -0.15) is 13.1 Å². The molecule has 1 unspecified atom stereocenters. The minimum absolute atomic E-state index is 0.0419. The van der Waals surface area contributed by atoms with Gasteiger partial charge in [0.1, 0.15) is 0 Å². The molecule has 1 atom stereocenters. The fourth-order valence-electron chi connectivity index (χ4n) is 2.30. The van der Waals surface area contributed by atoms with E-state index in [0.29, 0.717) is 18.7 Å². The van der Waals surface area contributed by atoms with Gasteiger partial charge in [0.2, 0.25) is 0 Å². The molecule has 2 rings (SSSR count). The van der Waals surface area contributed by atoms with E-state index < -0.39 is 22.1 Å². The first-order valence-electron chi connectivity index (χ1n) is 6.89. The van der Waals surface area contributed by atoms with E-state index in [0.717, 1.165) is 5.56 Å².